The second-order valence-corrected chi connectivity index (χ2v) is 10.7. The molecule has 1 aliphatic rings. The molecule has 10 heteroatoms. The molecule has 3 aromatic rings. The fraction of sp³-hybridized carbons (Fsp3) is 0.381. The maximum Gasteiger partial charge on any atom is 0.243 e. The largest absolute Gasteiger partial charge is 0.495 e. The highest BCUT2D eigenvalue weighted by molar-refractivity contribution is 7.89. The zero-order valence-corrected chi connectivity index (χ0v) is 19.5. The van der Waals surface area contributed by atoms with Gasteiger partial charge in [-0.05, 0) is 55.5 Å². The average Bonchev–Trinajstić information content (AvgIpc) is 3.44. The van der Waals surface area contributed by atoms with Crippen LogP contribution in [0.2, 0.25) is 5.02 Å². The van der Waals surface area contributed by atoms with Crippen LogP contribution in [0.25, 0.3) is 0 Å². The minimum atomic E-state index is -3.70. The molecule has 0 radical (unpaired) electrons. The van der Waals surface area contributed by atoms with E-state index in [0.717, 1.165) is 42.1 Å². The Balaban J connectivity index is 1.46. The Morgan fingerprint density at radius 3 is 2.87 bits per heavy atom. The van der Waals surface area contributed by atoms with Crippen LogP contribution >= 0.6 is 22.9 Å². The Morgan fingerprint density at radius 1 is 1.26 bits per heavy atom. The van der Waals surface area contributed by atoms with Gasteiger partial charge in [0.1, 0.15) is 15.8 Å². The van der Waals surface area contributed by atoms with E-state index in [0.29, 0.717) is 12.3 Å². The molecule has 1 atom stereocenters. The molecular formula is C21H23ClN4O3S2. The van der Waals surface area contributed by atoms with Crippen LogP contribution in [0.5, 0.6) is 5.75 Å². The van der Waals surface area contributed by atoms with Gasteiger partial charge in [0, 0.05) is 25.4 Å². The monoisotopic (exact) mass is 478 g/mol. The van der Waals surface area contributed by atoms with Gasteiger partial charge >= 0.3 is 0 Å². The highest BCUT2D eigenvalue weighted by Crippen LogP contribution is 2.39. The van der Waals surface area contributed by atoms with E-state index in [4.69, 9.17) is 16.3 Å². The van der Waals surface area contributed by atoms with Gasteiger partial charge in [-0.25, -0.2) is 8.42 Å². The van der Waals surface area contributed by atoms with E-state index in [1.54, 1.807) is 12.3 Å². The van der Waals surface area contributed by atoms with Gasteiger partial charge in [0.2, 0.25) is 10.0 Å². The summed E-state index contributed by atoms with van der Waals surface area (Å²) in [6.45, 7) is 0.451. The average molecular weight is 479 g/mol. The lowest BCUT2D eigenvalue weighted by Gasteiger charge is -2.22. The summed E-state index contributed by atoms with van der Waals surface area (Å²) < 4.78 is 33.2. The molecule has 0 bridgehead atoms. The molecule has 7 nitrogen and oxygen atoms in total. The summed E-state index contributed by atoms with van der Waals surface area (Å²) in [7, 11) is -2.21. The molecule has 1 fully saturated rings. The highest BCUT2D eigenvalue weighted by Gasteiger charge is 2.38. The normalized spacial score (nSPS) is 17.2. The summed E-state index contributed by atoms with van der Waals surface area (Å²) in [4.78, 5) is 4.29. The van der Waals surface area contributed by atoms with Crippen LogP contribution in [0, 0.1) is 0 Å². The number of aryl methyl sites for hydroxylation is 2. The Labute approximate surface area is 191 Å². The first-order chi connectivity index (χ1) is 15.0. The summed E-state index contributed by atoms with van der Waals surface area (Å²) in [5, 5.41) is 10.6. The van der Waals surface area contributed by atoms with E-state index in [2.05, 4.69) is 21.2 Å². The molecule has 0 amide bonds. The van der Waals surface area contributed by atoms with Gasteiger partial charge < -0.3 is 4.74 Å². The van der Waals surface area contributed by atoms with Crippen molar-refractivity contribution in [1.29, 1.82) is 0 Å². The lowest BCUT2D eigenvalue weighted by molar-refractivity contribution is 0.393. The van der Waals surface area contributed by atoms with Gasteiger partial charge in [-0.2, -0.15) is 4.31 Å². The van der Waals surface area contributed by atoms with E-state index in [9.17, 15) is 8.42 Å². The van der Waals surface area contributed by atoms with Crippen LogP contribution in [0.1, 0.15) is 40.9 Å². The van der Waals surface area contributed by atoms with E-state index < -0.39 is 10.0 Å². The van der Waals surface area contributed by atoms with E-state index in [1.165, 1.54) is 40.4 Å². The van der Waals surface area contributed by atoms with Gasteiger partial charge in [-0.1, -0.05) is 29.0 Å². The molecule has 0 saturated carbocycles. The molecule has 1 aromatic carbocycles. The SMILES string of the molecule is COc1ccc(S(=O)(=O)N2CCCC2c2nnc(CCCc3cccnc3)s2)cc1Cl. The number of hydrogen-bond acceptors (Lipinski definition) is 7. The number of benzene rings is 1. The van der Waals surface area contributed by atoms with Gasteiger partial charge in [-0.3, -0.25) is 4.98 Å². The summed E-state index contributed by atoms with van der Waals surface area (Å²) in [6, 6.07) is 8.24. The molecular weight excluding hydrogens is 456 g/mol. The molecule has 2 aromatic heterocycles. The molecule has 31 heavy (non-hydrogen) atoms. The maximum absolute atomic E-state index is 13.3. The smallest absolute Gasteiger partial charge is 0.243 e. The first-order valence-corrected chi connectivity index (χ1v) is 12.7. The third-order valence-electron chi connectivity index (χ3n) is 5.28. The van der Waals surface area contributed by atoms with Crippen molar-refractivity contribution in [1.82, 2.24) is 19.5 Å². The Kier molecular flexibility index (Phi) is 6.86. The van der Waals surface area contributed by atoms with Crippen LogP contribution in [0.15, 0.2) is 47.6 Å². The van der Waals surface area contributed by atoms with Gasteiger partial charge in [0.15, 0.2) is 0 Å². The molecule has 4 rings (SSSR count). The molecule has 0 aliphatic carbocycles. The first kappa shape index (κ1) is 22.1. The predicted molar refractivity (Wildman–Crippen MR) is 120 cm³/mol. The third-order valence-corrected chi connectivity index (χ3v) is 8.56. The number of pyridine rings is 1. The first-order valence-electron chi connectivity index (χ1n) is 10.1. The summed E-state index contributed by atoms with van der Waals surface area (Å²) in [6.07, 6.45) is 7.82. The van der Waals surface area contributed by atoms with Gasteiger partial charge in [-0.15, -0.1) is 10.2 Å². The lowest BCUT2D eigenvalue weighted by atomic mass is 10.1. The molecule has 1 unspecified atom stereocenters. The van der Waals surface area contributed by atoms with Crippen LogP contribution in [-0.2, 0) is 22.9 Å². The van der Waals surface area contributed by atoms with E-state index in [-0.39, 0.29) is 16.0 Å². The number of nitrogens with zero attached hydrogens (tertiary/aromatic N) is 4. The molecule has 1 saturated heterocycles. The fourth-order valence-corrected chi connectivity index (χ4v) is 6.82. The number of sulfonamides is 1. The number of ether oxygens (including phenoxy) is 1. The number of methoxy groups -OCH3 is 1. The van der Waals surface area contributed by atoms with Crippen LogP contribution in [0.4, 0.5) is 0 Å². The van der Waals surface area contributed by atoms with Crippen molar-refractivity contribution >= 4 is 33.0 Å². The van der Waals surface area contributed by atoms with Crippen molar-refractivity contribution < 1.29 is 13.2 Å². The lowest BCUT2D eigenvalue weighted by Crippen LogP contribution is -2.30. The molecule has 0 N–H and O–H groups in total. The summed E-state index contributed by atoms with van der Waals surface area (Å²) >= 11 is 7.66. The van der Waals surface area contributed by atoms with Crippen molar-refractivity contribution in [3.63, 3.8) is 0 Å². The second-order valence-electron chi connectivity index (χ2n) is 7.32. The Morgan fingerprint density at radius 2 is 2.13 bits per heavy atom. The highest BCUT2D eigenvalue weighted by atomic mass is 35.5. The standard InChI is InChI=1S/C21H23ClN4O3S2/c1-29-19-10-9-16(13-17(19)22)31(27,28)26-12-4-7-18(26)21-25-24-20(30-21)8-2-5-15-6-3-11-23-14-15/h3,6,9-11,13-14,18H,2,4-5,7-8,12H2,1H3. The minimum Gasteiger partial charge on any atom is -0.495 e. The summed E-state index contributed by atoms with van der Waals surface area (Å²) in [5.41, 5.74) is 1.19. The molecule has 3 heterocycles. The number of rotatable bonds is 8. The fourth-order valence-electron chi connectivity index (χ4n) is 3.71. The van der Waals surface area contributed by atoms with Crippen molar-refractivity contribution in [3.8, 4) is 5.75 Å². The van der Waals surface area contributed by atoms with Crippen molar-refractivity contribution in [2.75, 3.05) is 13.7 Å². The quantitative estimate of drug-likeness (QED) is 0.480. The predicted octanol–water partition coefficient (Wildman–Crippen LogP) is 4.30. The van der Waals surface area contributed by atoms with Gasteiger partial charge in [0.05, 0.1) is 23.1 Å². The Bertz CT molecular complexity index is 1140. The molecule has 1 aliphatic heterocycles. The van der Waals surface area contributed by atoms with Crippen molar-refractivity contribution in [2.45, 2.75) is 43.0 Å². The minimum absolute atomic E-state index is 0.159. The number of hydrogen-bond donors (Lipinski definition) is 0. The van der Waals surface area contributed by atoms with Crippen LogP contribution < -0.4 is 4.74 Å². The molecule has 164 valence electrons. The van der Waals surface area contributed by atoms with Gasteiger partial charge in [0.25, 0.3) is 0 Å². The van der Waals surface area contributed by atoms with Crippen LogP contribution in [-0.4, -0.2) is 41.6 Å². The van der Waals surface area contributed by atoms with E-state index in [1.807, 2.05) is 12.3 Å². The zero-order chi connectivity index (χ0) is 21.8. The summed E-state index contributed by atoms with van der Waals surface area (Å²) in [5.74, 6) is 0.443. The molecule has 0 spiro atoms. The van der Waals surface area contributed by atoms with E-state index >= 15 is 0 Å². The second kappa shape index (κ2) is 9.60. The number of aromatic nitrogens is 3. The number of halogens is 1. The van der Waals surface area contributed by atoms with Crippen LogP contribution in [0.3, 0.4) is 0 Å². The maximum atomic E-state index is 13.3. The zero-order valence-electron chi connectivity index (χ0n) is 17.1. The third kappa shape index (κ3) is 4.90. The van der Waals surface area contributed by atoms with Crippen molar-refractivity contribution in [2.24, 2.45) is 0 Å². The van der Waals surface area contributed by atoms with Crippen molar-refractivity contribution in [3.05, 3.63) is 63.3 Å². The Hall–Kier alpha value is -2.07. The topological polar surface area (TPSA) is 85.3 Å².